The van der Waals surface area contributed by atoms with E-state index in [2.05, 4.69) is 20.8 Å². The van der Waals surface area contributed by atoms with E-state index in [9.17, 15) is 13.2 Å². The van der Waals surface area contributed by atoms with Gasteiger partial charge < -0.3 is 0 Å². The Hall–Kier alpha value is -0.420. The van der Waals surface area contributed by atoms with E-state index in [-0.39, 0.29) is 18.3 Å². The van der Waals surface area contributed by atoms with E-state index < -0.39 is 21.3 Å². The molecule has 0 aromatic carbocycles. The van der Waals surface area contributed by atoms with Crippen LogP contribution in [-0.4, -0.2) is 26.1 Å². The van der Waals surface area contributed by atoms with Gasteiger partial charge in [0.05, 0.1) is 11.9 Å². The highest BCUT2D eigenvalue weighted by Gasteiger charge is 2.42. The molecule has 0 N–H and O–H groups in total. The summed E-state index contributed by atoms with van der Waals surface area (Å²) in [6.45, 7) is 8.34. The van der Waals surface area contributed by atoms with E-state index in [1.54, 1.807) is 6.92 Å². The summed E-state index contributed by atoms with van der Waals surface area (Å²) in [6.07, 6.45) is 13.1. The maximum Gasteiger partial charge on any atom is 0.270 e. The summed E-state index contributed by atoms with van der Waals surface area (Å²) in [5, 5.41) is -0.672. The third-order valence-electron chi connectivity index (χ3n) is 6.12. The molecular weight excluding hydrogens is 360 g/mol. The van der Waals surface area contributed by atoms with Crippen LogP contribution in [0.1, 0.15) is 105 Å². The summed E-state index contributed by atoms with van der Waals surface area (Å²) in [5.41, 5.74) is 0. The number of Topliss-reactive ketones (excluding diaryl/α,β-unsaturated/α-hetero) is 1. The molecule has 1 fully saturated rings. The van der Waals surface area contributed by atoms with Crippen molar-refractivity contribution in [3.05, 3.63) is 0 Å². The Morgan fingerprint density at radius 3 is 2.00 bits per heavy atom. The van der Waals surface area contributed by atoms with Crippen LogP contribution in [0.5, 0.6) is 0 Å². The van der Waals surface area contributed by atoms with Gasteiger partial charge in [0.1, 0.15) is 5.78 Å². The Labute approximate surface area is 168 Å². The second-order valence-corrected chi connectivity index (χ2v) is 10.6. The largest absolute Gasteiger partial charge is 0.299 e. The van der Waals surface area contributed by atoms with E-state index >= 15 is 0 Å². The van der Waals surface area contributed by atoms with Crippen molar-refractivity contribution in [2.24, 2.45) is 17.8 Å². The van der Waals surface area contributed by atoms with Gasteiger partial charge in [-0.25, -0.2) is 0 Å². The molecule has 3 unspecified atom stereocenters. The summed E-state index contributed by atoms with van der Waals surface area (Å²) < 4.78 is 30.5. The molecule has 3 atom stereocenters. The predicted molar refractivity (Wildman–Crippen MR) is 112 cm³/mol. The minimum atomic E-state index is -3.66. The van der Waals surface area contributed by atoms with Crippen LogP contribution in [0.25, 0.3) is 0 Å². The van der Waals surface area contributed by atoms with Crippen molar-refractivity contribution in [2.45, 2.75) is 110 Å². The topological polar surface area (TPSA) is 60.4 Å². The molecule has 0 aromatic rings. The van der Waals surface area contributed by atoms with Gasteiger partial charge in [-0.2, -0.15) is 8.42 Å². The minimum Gasteiger partial charge on any atom is -0.299 e. The van der Waals surface area contributed by atoms with Crippen LogP contribution >= 0.6 is 0 Å². The van der Waals surface area contributed by atoms with Gasteiger partial charge in [0, 0.05) is 12.3 Å². The van der Waals surface area contributed by atoms with E-state index in [4.69, 9.17) is 4.18 Å². The fraction of sp³-hybridized carbons (Fsp3) is 0.955. The molecule has 1 aliphatic rings. The lowest BCUT2D eigenvalue weighted by Gasteiger charge is -2.34. The molecule has 0 radical (unpaired) electrons. The molecule has 0 aromatic heterocycles. The van der Waals surface area contributed by atoms with Gasteiger partial charge in [-0.15, -0.1) is 0 Å². The lowest BCUT2D eigenvalue weighted by molar-refractivity contribution is -0.125. The minimum absolute atomic E-state index is 0.0658. The van der Waals surface area contributed by atoms with Crippen LogP contribution in [0.15, 0.2) is 0 Å². The summed E-state index contributed by atoms with van der Waals surface area (Å²) in [4.78, 5) is 12.2. The maximum absolute atomic E-state index is 12.6. The molecule has 1 saturated carbocycles. The van der Waals surface area contributed by atoms with E-state index in [1.807, 2.05) is 0 Å². The van der Waals surface area contributed by atoms with Crippen molar-refractivity contribution in [1.29, 1.82) is 0 Å². The van der Waals surface area contributed by atoms with Gasteiger partial charge in [-0.05, 0) is 24.7 Å². The lowest BCUT2D eigenvalue weighted by atomic mass is 9.76. The molecule has 0 amide bonds. The first-order valence-electron chi connectivity index (χ1n) is 11.2. The zero-order chi connectivity index (χ0) is 20.3. The monoisotopic (exact) mass is 402 g/mol. The first kappa shape index (κ1) is 24.6. The van der Waals surface area contributed by atoms with Gasteiger partial charge >= 0.3 is 0 Å². The predicted octanol–water partition coefficient (Wildman–Crippen LogP) is 5.89. The highest BCUT2D eigenvalue weighted by Crippen LogP contribution is 2.35. The molecule has 0 heterocycles. The van der Waals surface area contributed by atoms with Crippen LogP contribution in [0.3, 0.4) is 0 Å². The molecule has 5 heteroatoms. The maximum atomic E-state index is 12.6. The van der Waals surface area contributed by atoms with Crippen molar-refractivity contribution < 1.29 is 17.4 Å². The van der Waals surface area contributed by atoms with Crippen molar-refractivity contribution >= 4 is 15.9 Å². The summed E-state index contributed by atoms with van der Waals surface area (Å²) in [6, 6.07) is 0. The number of carbonyl (C=O) groups excluding carboxylic acids is 1. The Kier molecular flexibility index (Phi) is 11.8. The normalized spacial score (nSPS) is 23.9. The van der Waals surface area contributed by atoms with Crippen LogP contribution < -0.4 is 0 Å². The molecule has 160 valence electrons. The van der Waals surface area contributed by atoms with Crippen molar-refractivity contribution in [2.75, 3.05) is 6.61 Å². The van der Waals surface area contributed by atoms with Crippen LogP contribution in [0, 0.1) is 17.8 Å². The number of rotatable bonds is 14. The molecule has 0 spiro atoms. The van der Waals surface area contributed by atoms with Gasteiger partial charge in [-0.3, -0.25) is 8.98 Å². The molecule has 0 bridgehead atoms. The first-order valence-corrected chi connectivity index (χ1v) is 12.7. The standard InChI is InChI=1S/C22H42O4S/c1-5-6-7-8-9-10-11-12-13-14-15-26-27(24,25)22-17-20(18(2)3)16-21(23)19(22)4/h18-20,22H,5-17H2,1-4H3. The van der Waals surface area contributed by atoms with Crippen LogP contribution in [0.4, 0.5) is 0 Å². The number of ketones is 1. The van der Waals surface area contributed by atoms with Gasteiger partial charge in [-0.1, -0.05) is 85.5 Å². The fourth-order valence-corrected chi connectivity index (χ4v) is 5.62. The molecule has 1 aliphatic carbocycles. The third kappa shape index (κ3) is 9.08. The van der Waals surface area contributed by atoms with E-state index in [1.165, 1.54) is 44.9 Å². The first-order chi connectivity index (χ1) is 12.8. The van der Waals surface area contributed by atoms with Gasteiger partial charge in [0.2, 0.25) is 0 Å². The SMILES string of the molecule is CCCCCCCCCCCCOS(=O)(=O)C1CC(C(C)C)CC(=O)C1C. The second kappa shape index (κ2) is 12.9. The van der Waals surface area contributed by atoms with E-state index in [0.29, 0.717) is 18.8 Å². The smallest absolute Gasteiger partial charge is 0.270 e. The Bertz CT molecular complexity index is 512. The zero-order valence-corrected chi connectivity index (χ0v) is 18.9. The van der Waals surface area contributed by atoms with Crippen LogP contribution in [0.2, 0.25) is 0 Å². The van der Waals surface area contributed by atoms with Crippen LogP contribution in [-0.2, 0) is 19.1 Å². The molecule has 27 heavy (non-hydrogen) atoms. The second-order valence-electron chi connectivity index (χ2n) is 8.73. The molecular formula is C22H42O4S. The molecule has 0 saturated heterocycles. The molecule has 0 aliphatic heterocycles. The highest BCUT2D eigenvalue weighted by molar-refractivity contribution is 7.87. The average molecular weight is 403 g/mol. The number of hydrogen-bond acceptors (Lipinski definition) is 4. The number of unbranched alkanes of at least 4 members (excludes halogenated alkanes) is 9. The molecule has 1 rings (SSSR count). The molecule has 4 nitrogen and oxygen atoms in total. The quantitative estimate of drug-likeness (QED) is 0.268. The summed E-state index contributed by atoms with van der Waals surface area (Å²) in [7, 11) is -3.66. The van der Waals surface area contributed by atoms with E-state index in [0.717, 1.165) is 19.3 Å². The zero-order valence-electron chi connectivity index (χ0n) is 18.0. The van der Waals surface area contributed by atoms with Crippen molar-refractivity contribution in [1.82, 2.24) is 0 Å². The Balaban J connectivity index is 2.24. The number of hydrogen-bond donors (Lipinski definition) is 0. The fourth-order valence-electron chi connectivity index (χ4n) is 3.97. The Morgan fingerprint density at radius 2 is 1.48 bits per heavy atom. The van der Waals surface area contributed by atoms with Crippen molar-refractivity contribution in [3.63, 3.8) is 0 Å². The average Bonchev–Trinajstić information content (AvgIpc) is 2.61. The summed E-state index contributed by atoms with van der Waals surface area (Å²) >= 11 is 0. The lowest BCUT2D eigenvalue weighted by Crippen LogP contribution is -2.42. The van der Waals surface area contributed by atoms with Crippen molar-refractivity contribution in [3.8, 4) is 0 Å². The Morgan fingerprint density at radius 1 is 0.963 bits per heavy atom. The van der Waals surface area contributed by atoms with Gasteiger partial charge in [0.15, 0.2) is 0 Å². The highest BCUT2D eigenvalue weighted by atomic mass is 32.2. The third-order valence-corrected chi connectivity index (χ3v) is 7.96. The number of carbonyl (C=O) groups is 1. The van der Waals surface area contributed by atoms with Gasteiger partial charge in [0.25, 0.3) is 10.1 Å². The summed E-state index contributed by atoms with van der Waals surface area (Å²) in [5.74, 6) is 0.0873.